The van der Waals surface area contributed by atoms with Crippen molar-refractivity contribution >= 4 is 0 Å². The molecule has 5 nitrogen and oxygen atoms in total. The fraction of sp³-hybridized carbons (Fsp3) is 0.385. The Morgan fingerprint density at radius 1 is 1.47 bits per heavy atom. The SMILES string of the molecule is [2H]C([2H])(O)c1cc(-c2ccc(F)cn2)nn1C([2H])([2H])C(O)(C([2H])([2H])[2H])C([2H])([2H])[2H]. The van der Waals surface area contributed by atoms with Gasteiger partial charge in [0, 0.05) is 8.22 Å². The smallest absolute Gasteiger partial charge is 0.141 e. The molecule has 0 radical (unpaired) electrons. The Balaban J connectivity index is 2.81. The van der Waals surface area contributed by atoms with Crippen LogP contribution in [-0.4, -0.2) is 30.6 Å². The van der Waals surface area contributed by atoms with Crippen LogP contribution in [0.3, 0.4) is 0 Å². The summed E-state index contributed by atoms with van der Waals surface area (Å²) in [5.41, 5.74) is -5.47. The summed E-state index contributed by atoms with van der Waals surface area (Å²) in [6.07, 6.45) is 0.775. The summed E-state index contributed by atoms with van der Waals surface area (Å²) in [7, 11) is 0. The van der Waals surface area contributed by atoms with E-state index in [9.17, 15) is 14.6 Å². The molecule has 0 spiro atoms. The molecule has 0 aromatic carbocycles. The van der Waals surface area contributed by atoms with E-state index in [0.717, 1.165) is 24.4 Å². The first-order chi connectivity index (χ1) is 12.8. The largest absolute Gasteiger partial charge is 0.390 e. The molecule has 0 saturated heterocycles. The fourth-order valence-corrected chi connectivity index (χ4v) is 1.35. The number of hydrogen-bond donors (Lipinski definition) is 2. The van der Waals surface area contributed by atoms with Crippen molar-refractivity contribution in [2.75, 3.05) is 0 Å². The molecule has 102 valence electrons. The van der Waals surface area contributed by atoms with Crippen molar-refractivity contribution in [3.63, 3.8) is 0 Å². The van der Waals surface area contributed by atoms with Gasteiger partial charge in [0.05, 0.1) is 41.7 Å². The van der Waals surface area contributed by atoms with E-state index in [4.69, 9.17) is 13.7 Å². The highest BCUT2D eigenvalue weighted by atomic mass is 19.1. The Bertz CT molecular complexity index is 872. The van der Waals surface area contributed by atoms with Crippen LogP contribution < -0.4 is 0 Å². The van der Waals surface area contributed by atoms with Gasteiger partial charge in [-0.15, -0.1) is 0 Å². The molecule has 0 bridgehead atoms. The van der Waals surface area contributed by atoms with E-state index < -0.39 is 43.9 Å². The number of aromatic nitrogens is 3. The summed E-state index contributed by atoms with van der Waals surface area (Å²) in [4.78, 5) is 3.66. The zero-order valence-corrected chi connectivity index (χ0v) is 9.42. The van der Waals surface area contributed by atoms with Crippen LogP contribution >= 0.6 is 0 Å². The Hall–Kier alpha value is -1.79. The number of hydrogen-bond acceptors (Lipinski definition) is 4. The Labute approximate surface area is 124 Å². The van der Waals surface area contributed by atoms with Crippen LogP contribution in [0.5, 0.6) is 0 Å². The molecule has 19 heavy (non-hydrogen) atoms. The van der Waals surface area contributed by atoms with Crippen LogP contribution in [0.15, 0.2) is 24.4 Å². The topological polar surface area (TPSA) is 71.2 Å². The number of aliphatic hydroxyl groups is 2. The van der Waals surface area contributed by atoms with Crippen molar-refractivity contribution in [3.8, 4) is 11.4 Å². The number of halogens is 1. The van der Waals surface area contributed by atoms with Gasteiger partial charge < -0.3 is 10.2 Å². The Kier molecular flexibility index (Phi) is 1.51. The van der Waals surface area contributed by atoms with E-state index in [1.54, 1.807) is 0 Å². The zero-order chi connectivity index (χ0) is 22.6. The Morgan fingerprint density at radius 3 is 2.84 bits per heavy atom. The molecule has 0 atom stereocenters. The van der Waals surface area contributed by atoms with E-state index in [-0.39, 0.29) is 16.1 Å². The van der Waals surface area contributed by atoms with Crippen LogP contribution in [0.4, 0.5) is 4.39 Å². The summed E-state index contributed by atoms with van der Waals surface area (Å²) < 4.78 is 88.6. The van der Waals surface area contributed by atoms with Gasteiger partial charge >= 0.3 is 0 Å². The predicted molar refractivity (Wildman–Crippen MR) is 67.6 cm³/mol. The maximum absolute atomic E-state index is 13.1. The van der Waals surface area contributed by atoms with E-state index in [1.165, 1.54) is 0 Å². The molecule has 2 aromatic rings. The molecule has 0 fully saturated rings. The quantitative estimate of drug-likeness (QED) is 0.883. The van der Waals surface area contributed by atoms with Crippen molar-refractivity contribution in [2.45, 2.75) is 32.4 Å². The molecule has 2 aromatic heterocycles. The first kappa shape index (κ1) is 5.68. The van der Waals surface area contributed by atoms with Gasteiger partial charge in [0.2, 0.25) is 0 Å². The predicted octanol–water partition coefficient (Wildman–Crippen LogP) is 1.35. The molecule has 0 aliphatic heterocycles. The summed E-state index contributed by atoms with van der Waals surface area (Å²) in [6.45, 7) is -14.7. The van der Waals surface area contributed by atoms with Gasteiger partial charge in [-0.2, -0.15) is 5.10 Å². The van der Waals surface area contributed by atoms with Gasteiger partial charge in [0.1, 0.15) is 11.5 Å². The number of nitrogens with zero attached hydrogens (tertiary/aromatic N) is 3. The fourth-order valence-electron chi connectivity index (χ4n) is 1.35. The van der Waals surface area contributed by atoms with E-state index in [2.05, 4.69) is 10.1 Å². The van der Waals surface area contributed by atoms with Crippen LogP contribution in [-0.2, 0) is 13.1 Å². The van der Waals surface area contributed by atoms with Crippen LogP contribution in [0.25, 0.3) is 11.4 Å². The lowest BCUT2D eigenvalue weighted by Crippen LogP contribution is -2.27. The van der Waals surface area contributed by atoms with E-state index >= 15 is 0 Å². The molecule has 2 heterocycles. The highest BCUT2D eigenvalue weighted by Gasteiger charge is 2.18. The highest BCUT2D eigenvalue weighted by molar-refractivity contribution is 5.54. The van der Waals surface area contributed by atoms with Gasteiger partial charge in [0.25, 0.3) is 0 Å². The minimum atomic E-state index is -4.04. The van der Waals surface area contributed by atoms with Crippen molar-refractivity contribution in [1.29, 1.82) is 0 Å². The average molecular weight is 275 g/mol. The third-order valence-corrected chi connectivity index (χ3v) is 2.08. The highest BCUT2D eigenvalue weighted by Crippen LogP contribution is 2.19. The molecule has 0 amide bonds. The molecule has 6 heteroatoms. The Morgan fingerprint density at radius 2 is 2.26 bits per heavy atom. The molecule has 0 saturated carbocycles. The number of pyridine rings is 1. The first-order valence-corrected chi connectivity index (χ1v) is 5.02. The van der Waals surface area contributed by atoms with Gasteiger partial charge in [-0.1, -0.05) is 0 Å². The second kappa shape index (κ2) is 5.07. The maximum Gasteiger partial charge on any atom is 0.141 e. The summed E-state index contributed by atoms with van der Waals surface area (Å²) >= 11 is 0. The molecule has 2 rings (SSSR count). The zero-order valence-electron chi connectivity index (χ0n) is 19.4. The van der Waals surface area contributed by atoms with Gasteiger partial charge in [-0.25, -0.2) is 4.39 Å². The van der Waals surface area contributed by atoms with Crippen molar-refractivity contribution in [1.82, 2.24) is 14.8 Å². The summed E-state index contributed by atoms with van der Waals surface area (Å²) in [5.74, 6) is -0.722. The normalized spacial score (nSPS) is 22.5. The van der Waals surface area contributed by atoms with Crippen molar-refractivity contribution in [2.24, 2.45) is 0 Å². The first-order valence-electron chi connectivity index (χ1n) is 10.0. The van der Waals surface area contributed by atoms with Crippen molar-refractivity contribution in [3.05, 3.63) is 35.9 Å². The summed E-state index contributed by atoms with van der Waals surface area (Å²) in [5, 5.41) is 24.0. The van der Waals surface area contributed by atoms with Crippen molar-refractivity contribution < 1.29 is 28.3 Å². The maximum atomic E-state index is 13.1. The molecule has 0 aliphatic rings. The molecule has 0 unspecified atom stereocenters. The van der Waals surface area contributed by atoms with Gasteiger partial charge in [-0.3, -0.25) is 9.67 Å². The minimum absolute atomic E-state index is 0.0495. The lowest BCUT2D eigenvalue weighted by Gasteiger charge is -2.18. The number of rotatable bonds is 4. The minimum Gasteiger partial charge on any atom is -0.390 e. The third-order valence-electron chi connectivity index (χ3n) is 2.08. The molecular weight excluding hydrogens is 249 g/mol. The monoisotopic (exact) mass is 275 g/mol. The lowest BCUT2D eigenvalue weighted by molar-refractivity contribution is 0.0556. The average Bonchev–Trinajstić information content (AvgIpc) is 2.98. The second-order valence-corrected chi connectivity index (χ2v) is 3.62. The van der Waals surface area contributed by atoms with Gasteiger partial charge in [0.15, 0.2) is 0 Å². The second-order valence-electron chi connectivity index (χ2n) is 3.62. The lowest BCUT2D eigenvalue weighted by atomic mass is 10.1. The molecule has 0 aliphatic carbocycles. The third kappa shape index (κ3) is 3.36. The molecular formula is C13H16FN3O2. The van der Waals surface area contributed by atoms with E-state index in [0.29, 0.717) is 0 Å². The standard InChI is InChI=1S/C13H16FN3O2/c1-13(2,19)8-17-10(7-18)5-12(16-17)11-4-3-9(14)6-15-11/h3-6,18-19H,7-8H2,1-2H3/i1D3,2D3,7D2,8D2. The van der Waals surface area contributed by atoms with Crippen LogP contribution in [0.1, 0.15) is 33.1 Å². The van der Waals surface area contributed by atoms with E-state index in [1.807, 2.05) is 0 Å². The summed E-state index contributed by atoms with van der Waals surface area (Å²) in [6, 6.07) is 2.83. The van der Waals surface area contributed by atoms with Gasteiger partial charge in [-0.05, 0) is 31.9 Å². The van der Waals surface area contributed by atoms with Crippen LogP contribution in [0, 0.1) is 5.82 Å². The molecule has 2 N–H and O–H groups in total. The van der Waals surface area contributed by atoms with Crippen LogP contribution in [0.2, 0.25) is 0 Å².